The van der Waals surface area contributed by atoms with Gasteiger partial charge in [-0.1, -0.05) is 17.3 Å². The number of carbonyl (C=O) groups excluding carboxylic acids is 1. The number of rotatable bonds is 3. The molecule has 1 aromatic heterocycles. The minimum absolute atomic E-state index is 0.0292. The van der Waals surface area contributed by atoms with Crippen LogP contribution in [0.4, 0.5) is 10.2 Å². The number of hydrogen-bond acceptors (Lipinski definition) is 4. The summed E-state index contributed by atoms with van der Waals surface area (Å²) in [5.41, 5.74) is 0.708. The van der Waals surface area contributed by atoms with Crippen molar-refractivity contribution in [3.8, 4) is 0 Å². The first-order chi connectivity index (χ1) is 10.6. The second-order valence-electron chi connectivity index (χ2n) is 5.47. The number of anilines is 1. The van der Waals surface area contributed by atoms with E-state index in [4.69, 9.17) is 4.52 Å². The van der Waals surface area contributed by atoms with Crippen molar-refractivity contribution in [1.29, 1.82) is 0 Å². The minimum atomic E-state index is -0.309. The molecule has 1 saturated heterocycles. The van der Waals surface area contributed by atoms with Crippen molar-refractivity contribution >= 4 is 11.7 Å². The Labute approximate surface area is 128 Å². The number of piperazine rings is 1. The lowest BCUT2D eigenvalue weighted by Gasteiger charge is -2.34. The minimum Gasteiger partial charge on any atom is -0.360 e. The van der Waals surface area contributed by atoms with Gasteiger partial charge in [-0.15, -0.1) is 0 Å². The molecule has 1 amide bonds. The van der Waals surface area contributed by atoms with E-state index in [1.165, 1.54) is 12.1 Å². The van der Waals surface area contributed by atoms with Crippen LogP contribution in [0.15, 0.2) is 34.9 Å². The third-order valence-electron chi connectivity index (χ3n) is 3.82. The van der Waals surface area contributed by atoms with Gasteiger partial charge < -0.3 is 14.3 Å². The van der Waals surface area contributed by atoms with E-state index in [1.54, 1.807) is 12.1 Å². The molecule has 1 aliphatic rings. The summed E-state index contributed by atoms with van der Waals surface area (Å²) >= 11 is 0. The van der Waals surface area contributed by atoms with Gasteiger partial charge >= 0.3 is 0 Å². The molecule has 5 nitrogen and oxygen atoms in total. The van der Waals surface area contributed by atoms with Crippen molar-refractivity contribution in [2.45, 2.75) is 13.3 Å². The molecule has 6 heteroatoms. The van der Waals surface area contributed by atoms with Gasteiger partial charge in [0.15, 0.2) is 5.82 Å². The number of carbonyl (C=O) groups is 1. The Kier molecular flexibility index (Phi) is 4.09. The van der Waals surface area contributed by atoms with Crippen molar-refractivity contribution in [3.63, 3.8) is 0 Å². The topological polar surface area (TPSA) is 49.6 Å². The highest BCUT2D eigenvalue weighted by molar-refractivity contribution is 5.79. The second-order valence-corrected chi connectivity index (χ2v) is 5.47. The molecular weight excluding hydrogens is 285 g/mol. The summed E-state index contributed by atoms with van der Waals surface area (Å²) in [4.78, 5) is 16.2. The monoisotopic (exact) mass is 303 g/mol. The maximum Gasteiger partial charge on any atom is 0.227 e. The number of nitrogens with zero attached hydrogens (tertiary/aromatic N) is 3. The van der Waals surface area contributed by atoms with Gasteiger partial charge in [-0.2, -0.15) is 0 Å². The number of aryl methyl sites for hydroxylation is 1. The van der Waals surface area contributed by atoms with Gasteiger partial charge in [-0.3, -0.25) is 4.79 Å². The molecule has 0 N–H and O–H groups in total. The van der Waals surface area contributed by atoms with E-state index in [0.717, 1.165) is 24.7 Å². The average molecular weight is 303 g/mol. The van der Waals surface area contributed by atoms with Crippen molar-refractivity contribution in [3.05, 3.63) is 47.5 Å². The van der Waals surface area contributed by atoms with E-state index in [0.29, 0.717) is 18.7 Å². The van der Waals surface area contributed by atoms with Crippen molar-refractivity contribution in [2.75, 3.05) is 31.1 Å². The molecule has 2 aromatic rings. The van der Waals surface area contributed by atoms with Gasteiger partial charge in [0.05, 0.1) is 6.42 Å². The Morgan fingerprint density at radius 3 is 2.68 bits per heavy atom. The molecule has 2 heterocycles. The summed E-state index contributed by atoms with van der Waals surface area (Å²) in [5.74, 6) is 1.31. The number of halogens is 1. The van der Waals surface area contributed by atoms with Crippen LogP contribution >= 0.6 is 0 Å². The maximum absolute atomic E-state index is 13.2. The fraction of sp³-hybridized carbons (Fsp3) is 0.375. The van der Waals surface area contributed by atoms with Crippen molar-refractivity contribution < 1.29 is 13.7 Å². The zero-order chi connectivity index (χ0) is 15.5. The Hall–Kier alpha value is -2.37. The Morgan fingerprint density at radius 2 is 2.05 bits per heavy atom. The highest BCUT2D eigenvalue weighted by Gasteiger charge is 2.22. The molecule has 0 radical (unpaired) electrons. The van der Waals surface area contributed by atoms with Crippen LogP contribution in [-0.4, -0.2) is 42.1 Å². The smallest absolute Gasteiger partial charge is 0.227 e. The number of amides is 1. The van der Waals surface area contributed by atoms with E-state index in [2.05, 4.69) is 10.1 Å². The number of aromatic nitrogens is 1. The maximum atomic E-state index is 13.2. The normalized spacial score (nSPS) is 15.2. The molecule has 0 atom stereocenters. The summed E-state index contributed by atoms with van der Waals surface area (Å²) in [6.45, 7) is 4.58. The highest BCUT2D eigenvalue weighted by Crippen LogP contribution is 2.16. The molecule has 0 saturated carbocycles. The summed E-state index contributed by atoms with van der Waals surface area (Å²) in [7, 11) is 0. The third-order valence-corrected chi connectivity index (χ3v) is 3.82. The molecular formula is C16H18FN3O2. The summed E-state index contributed by atoms with van der Waals surface area (Å²) in [6.07, 6.45) is 0.237. The number of hydrogen-bond donors (Lipinski definition) is 0. The lowest BCUT2D eigenvalue weighted by atomic mass is 10.1. The van der Waals surface area contributed by atoms with Crippen LogP contribution in [0.3, 0.4) is 0 Å². The zero-order valence-corrected chi connectivity index (χ0v) is 12.5. The largest absolute Gasteiger partial charge is 0.360 e. The molecule has 22 heavy (non-hydrogen) atoms. The van der Waals surface area contributed by atoms with Gasteiger partial charge in [0.2, 0.25) is 5.91 Å². The van der Waals surface area contributed by atoms with Crippen molar-refractivity contribution in [1.82, 2.24) is 10.1 Å². The average Bonchev–Trinajstić information content (AvgIpc) is 2.94. The van der Waals surface area contributed by atoms with E-state index in [-0.39, 0.29) is 18.1 Å². The van der Waals surface area contributed by atoms with Gasteiger partial charge in [0.25, 0.3) is 0 Å². The van der Waals surface area contributed by atoms with Crippen molar-refractivity contribution in [2.24, 2.45) is 0 Å². The van der Waals surface area contributed by atoms with Gasteiger partial charge in [-0.05, 0) is 24.6 Å². The van der Waals surface area contributed by atoms with Gasteiger partial charge in [0.1, 0.15) is 11.6 Å². The van der Waals surface area contributed by atoms with E-state index in [1.807, 2.05) is 17.9 Å². The molecule has 1 fully saturated rings. The lowest BCUT2D eigenvalue weighted by Crippen LogP contribution is -2.49. The Bertz CT molecular complexity index is 663. The molecule has 0 aliphatic carbocycles. The molecule has 0 spiro atoms. The van der Waals surface area contributed by atoms with Crippen LogP contribution < -0.4 is 4.90 Å². The Morgan fingerprint density at radius 1 is 1.27 bits per heavy atom. The van der Waals surface area contributed by atoms with Gasteiger partial charge in [0, 0.05) is 32.2 Å². The molecule has 0 unspecified atom stereocenters. The van der Waals surface area contributed by atoms with Crippen LogP contribution in [0.25, 0.3) is 0 Å². The quantitative estimate of drug-likeness (QED) is 0.870. The predicted octanol–water partition coefficient (Wildman–Crippen LogP) is 2.01. The fourth-order valence-electron chi connectivity index (χ4n) is 2.62. The second kappa shape index (κ2) is 6.17. The molecule has 3 rings (SSSR count). The first-order valence-corrected chi connectivity index (χ1v) is 7.32. The fourth-order valence-corrected chi connectivity index (χ4v) is 2.62. The first-order valence-electron chi connectivity index (χ1n) is 7.32. The molecule has 0 bridgehead atoms. The standard InChI is InChI=1S/C16H18FN3O2/c1-12-9-15(18-22-12)19-5-7-20(8-6-19)16(21)11-13-3-2-4-14(17)10-13/h2-4,9-10H,5-8,11H2,1H3. The zero-order valence-electron chi connectivity index (χ0n) is 12.5. The van der Waals surface area contributed by atoms with Crippen LogP contribution in [0.2, 0.25) is 0 Å². The van der Waals surface area contributed by atoms with Crippen LogP contribution in [0.1, 0.15) is 11.3 Å². The highest BCUT2D eigenvalue weighted by atomic mass is 19.1. The van der Waals surface area contributed by atoms with E-state index >= 15 is 0 Å². The van der Waals surface area contributed by atoms with E-state index in [9.17, 15) is 9.18 Å². The SMILES string of the molecule is Cc1cc(N2CCN(C(=O)Cc3cccc(F)c3)CC2)no1. The van der Waals surface area contributed by atoms with Crippen LogP contribution in [0.5, 0.6) is 0 Å². The Balaban J connectivity index is 1.55. The van der Waals surface area contributed by atoms with Gasteiger partial charge in [-0.25, -0.2) is 4.39 Å². The summed E-state index contributed by atoms with van der Waals surface area (Å²) in [6, 6.07) is 8.08. The summed E-state index contributed by atoms with van der Waals surface area (Å²) in [5, 5.41) is 3.99. The van der Waals surface area contributed by atoms with Crippen LogP contribution in [0, 0.1) is 12.7 Å². The molecule has 116 valence electrons. The third kappa shape index (κ3) is 3.27. The molecule has 1 aromatic carbocycles. The number of benzene rings is 1. The lowest BCUT2D eigenvalue weighted by molar-refractivity contribution is -0.130. The molecule has 1 aliphatic heterocycles. The first kappa shape index (κ1) is 14.6. The van der Waals surface area contributed by atoms with Crippen LogP contribution in [-0.2, 0) is 11.2 Å². The summed E-state index contributed by atoms with van der Waals surface area (Å²) < 4.78 is 18.2. The predicted molar refractivity (Wildman–Crippen MR) is 80.1 cm³/mol. The van der Waals surface area contributed by atoms with E-state index < -0.39 is 0 Å².